The van der Waals surface area contributed by atoms with E-state index in [1.807, 2.05) is 52.8 Å². The predicted octanol–water partition coefficient (Wildman–Crippen LogP) is 4.32. The highest BCUT2D eigenvalue weighted by Gasteiger charge is 2.35. The minimum Gasteiger partial charge on any atom is -0.457 e. The predicted molar refractivity (Wildman–Crippen MR) is 145 cm³/mol. The third-order valence-corrected chi connectivity index (χ3v) is 6.87. The van der Waals surface area contributed by atoms with Gasteiger partial charge in [0.15, 0.2) is 0 Å². The maximum Gasteiger partial charge on any atom is 0.409 e. The number of hydrogen-bond donors (Lipinski definition) is 2. The summed E-state index contributed by atoms with van der Waals surface area (Å²) in [5.41, 5.74) is -0.660. The molecule has 0 aliphatic carbocycles. The second-order valence-corrected chi connectivity index (χ2v) is 10.7. The van der Waals surface area contributed by atoms with E-state index in [-0.39, 0.29) is 49.8 Å². The number of cyclic esters (lactones) is 1. The van der Waals surface area contributed by atoms with Gasteiger partial charge in [0.25, 0.3) is 0 Å². The number of hydrogen-bond acceptors (Lipinski definition) is 8. The van der Waals surface area contributed by atoms with Gasteiger partial charge in [-0.2, -0.15) is 0 Å². The molecule has 0 saturated carbocycles. The topological polar surface area (TPSA) is 123 Å². The minimum absolute atomic E-state index is 0.0358. The van der Waals surface area contributed by atoms with Crippen molar-refractivity contribution in [1.82, 2.24) is 4.90 Å². The Morgan fingerprint density at radius 3 is 2.55 bits per heavy atom. The standard InChI is InChI=1S/C29H47NO8/c1-9-22(5)30(8)28(34)36-18-19(2)11-10-12-20(3)27-21(4)13-14-25(37-23(6)31)29(7,35)16-15-24(32)17-26(33)38-27/h10-14,19,21-22,24-25,27,32,35H,9,15-18H2,1-8H3/b11-10+,14-13+,20-12+/t19-,21-,22?,24-,25-,27+,29-/m0/s1. The van der Waals surface area contributed by atoms with E-state index in [0.29, 0.717) is 0 Å². The van der Waals surface area contributed by atoms with Crippen LogP contribution in [-0.4, -0.2) is 76.8 Å². The van der Waals surface area contributed by atoms with Gasteiger partial charge in [-0.25, -0.2) is 4.79 Å². The van der Waals surface area contributed by atoms with Crippen molar-refractivity contribution in [2.75, 3.05) is 13.7 Å². The van der Waals surface area contributed by atoms with E-state index in [0.717, 1.165) is 12.0 Å². The molecule has 0 bridgehead atoms. The molecule has 0 spiro atoms. The lowest BCUT2D eigenvalue weighted by Gasteiger charge is -2.32. The Bertz CT molecular complexity index is 878. The lowest BCUT2D eigenvalue weighted by Crippen LogP contribution is -2.42. The summed E-state index contributed by atoms with van der Waals surface area (Å²) in [6, 6.07) is 0.0974. The van der Waals surface area contributed by atoms with Crippen LogP contribution in [0.3, 0.4) is 0 Å². The molecule has 216 valence electrons. The Hall–Kier alpha value is -2.65. The Morgan fingerprint density at radius 1 is 1.29 bits per heavy atom. The molecule has 1 unspecified atom stereocenters. The molecule has 0 radical (unpaired) electrons. The van der Waals surface area contributed by atoms with Gasteiger partial charge >= 0.3 is 18.0 Å². The van der Waals surface area contributed by atoms with Crippen LogP contribution in [0.4, 0.5) is 4.79 Å². The van der Waals surface area contributed by atoms with E-state index in [1.165, 1.54) is 6.92 Å². The normalized spacial score (nSPS) is 29.8. The summed E-state index contributed by atoms with van der Waals surface area (Å²) in [5.74, 6) is -1.42. The Kier molecular flexibility index (Phi) is 13.8. The van der Waals surface area contributed by atoms with Crippen molar-refractivity contribution in [2.45, 2.75) is 104 Å². The fourth-order valence-electron chi connectivity index (χ4n) is 3.94. The second-order valence-electron chi connectivity index (χ2n) is 10.7. The Labute approximate surface area is 227 Å². The number of ether oxygens (including phenoxy) is 3. The fraction of sp³-hybridized carbons (Fsp3) is 0.690. The van der Waals surface area contributed by atoms with Crippen molar-refractivity contribution in [3.8, 4) is 0 Å². The zero-order valence-electron chi connectivity index (χ0n) is 24.2. The minimum atomic E-state index is -1.42. The molecule has 9 nitrogen and oxygen atoms in total. The van der Waals surface area contributed by atoms with Crippen LogP contribution in [-0.2, 0) is 23.8 Å². The highest BCUT2D eigenvalue weighted by atomic mass is 16.6. The maximum atomic E-state index is 12.6. The van der Waals surface area contributed by atoms with Gasteiger partial charge < -0.3 is 29.3 Å². The first-order valence-electron chi connectivity index (χ1n) is 13.4. The summed E-state index contributed by atoms with van der Waals surface area (Å²) in [5, 5.41) is 21.2. The van der Waals surface area contributed by atoms with Gasteiger partial charge in [0.2, 0.25) is 0 Å². The van der Waals surface area contributed by atoms with Gasteiger partial charge in [-0.3, -0.25) is 9.59 Å². The Morgan fingerprint density at radius 2 is 1.95 bits per heavy atom. The van der Waals surface area contributed by atoms with Crippen LogP contribution in [0.2, 0.25) is 0 Å². The average Bonchev–Trinajstić information content (AvgIpc) is 2.84. The molecule has 1 rings (SSSR count). The number of aliphatic hydroxyl groups excluding tert-OH is 1. The van der Waals surface area contributed by atoms with E-state index in [2.05, 4.69) is 0 Å². The number of carbonyl (C=O) groups is 3. The lowest BCUT2D eigenvalue weighted by molar-refractivity contribution is -0.157. The summed E-state index contributed by atoms with van der Waals surface area (Å²) in [6.45, 7) is 12.6. The molecule has 0 fully saturated rings. The first-order valence-corrected chi connectivity index (χ1v) is 13.4. The van der Waals surface area contributed by atoms with Crippen molar-refractivity contribution >= 4 is 18.0 Å². The van der Waals surface area contributed by atoms with Crippen LogP contribution in [0.15, 0.2) is 36.0 Å². The molecule has 1 aliphatic rings. The molecule has 2 N–H and O–H groups in total. The molecule has 38 heavy (non-hydrogen) atoms. The number of amides is 1. The van der Waals surface area contributed by atoms with E-state index in [1.54, 1.807) is 31.0 Å². The van der Waals surface area contributed by atoms with E-state index in [9.17, 15) is 24.6 Å². The van der Waals surface area contributed by atoms with E-state index >= 15 is 0 Å². The molecule has 9 heteroatoms. The van der Waals surface area contributed by atoms with Crippen LogP contribution < -0.4 is 0 Å². The highest BCUT2D eigenvalue weighted by molar-refractivity contribution is 5.70. The SMILES string of the molecule is CCC(C)N(C)C(=O)OC[C@@H](C)/C=C/C=C(\C)[C@H]1OC(=O)C[C@@H](O)CC[C@](C)(O)[C@@H](OC(C)=O)/C=C/[C@@H]1C. The van der Waals surface area contributed by atoms with Gasteiger partial charge in [-0.05, 0) is 51.7 Å². The van der Waals surface area contributed by atoms with Crippen molar-refractivity contribution < 1.29 is 38.8 Å². The van der Waals surface area contributed by atoms with Crippen molar-refractivity contribution in [3.63, 3.8) is 0 Å². The van der Waals surface area contributed by atoms with E-state index < -0.39 is 35.9 Å². The third-order valence-electron chi connectivity index (χ3n) is 6.87. The summed E-state index contributed by atoms with van der Waals surface area (Å²) >= 11 is 0. The van der Waals surface area contributed by atoms with Crippen LogP contribution >= 0.6 is 0 Å². The lowest BCUT2D eigenvalue weighted by atomic mass is 9.88. The number of carbonyl (C=O) groups excluding carboxylic acids is 3. The number of rotatable bonds is 8. The zero-order valence-corrected chi connectivity index (χ0v) is 24.2. The molecule has 0 aromatic carbocycles. The van der Waals surface area contributed by atoms with Gasteiger partial charge in [0.1, 0.15) is 17.8 Å². The number of aliphatic hydroxyl groups is 2. The van der Waals surface area contributed by atoms with Gasteiger partial charge in [0, 0.05) is 31.8 Å². The van der Waals surface area contributed by atoms with Gasteiger partial charge in [-0.15, -0.1) is 0 Å². The number of esters is 2. The molecular formula is C29H47NO8. The molecule has 0 saturated heterocycles. The largest absolute Gasteiger partial charge is 0.457 e. The first kappa shape index (κ1) is 33.4. The monoisotopic (exact) mass is 537 g/mol. The first-order chi connectivity index (χ1) is 17.7. The quantitative estimate of drug-likeness (QED) is 0.203. The molecule has 1 amide bonds. The fourth-order valence-corrected chi connectivity index (χ4v) is 3.94. The number of allylic oxidation sites excluding steroid dienone is 2. The highest BCUT2D eigenvalue weighted by Crippen LogP contribution is 2.27. The second kappa shape index (κ2) is 15.7. The zero-order chi connectivity index (χ0) is 29.0. The number of nitrogens with zero attached hydrogens (tertiary/aromatic N) is 1. The van der Waals surface area contributed by atoms with Crippen molar-refractivity contribution in [1.29, 1.82) is 0 Å². The van der Waals surface area contributed by atoms with Gasteiger partial charge in [-0.1, -0.05) is 45.1 Å². The maximum absolute atomic E-state index is 12.6. The van der Waals surface area contributed by atoms with Crippen LogP contribution in [0.1, 0.15) is 74.1 Å². The van der Waals surface area contributed by atoms with Crippen LogP contribution in [0.5, 0.6) is 0 Å². The Balaban J connectivity index is 3.03. The molecular weight excluding hydrogens is 490 g/mol. The van der Waals surface area contributed by atoms with Crippen molar-refractivity contribution in [3.05, 3.63) is 36.0 Å². The molecule has 7 atom stereocenters. The molecule has 0 aromatic heterocycles. The van der Waals surface area contributed by atoms with Crippen LogP contribution in [0.25, 0.3) is 0 Å². The summed E-state index contributed by atoms with van der Waals surface area (Å²) in [7, 11) is 1.72. The summed E-state index contributed by atoms with van der Waals surface area (Å²) in [4.78, 5) is 37.9. The summed E-state index contributed by atoms with van der Waals surface area (Å²) < 4.78 is 16.5. The van der Waals surface area contributed by atoms with E-state index in [4.69, 9.17) is 14.2 Å². The average molecular weight is 538 g/mol. The molecule has 1 aliphatic heterocycles. The van der Waals surface area contributed by atoms with Crippen LogP contribution in [0, 0.1) is 11.8 Å². The summed E-state index contributed by atoms with van der Waals surface area (Å²) in [6.07, 6.45) is 6.90. The molecule has 1 heterocycles. The van der Waals surface area contributed by atoms with Gasteiger partial charge in [0.05, 0.1) is 19.1 Å². The van der Waals surface area contributed by atoms with Crippen molar-refractivity contribution in [2.24, 2.45) is 11.8 Å². The molecule has 0 aromatic rings. The smallest absolute Gasteiger partial charge is 0.409 e. The third kappa shape index (κ3) is 11.4.